The molecule has 0 atom stereocenters. The van der Waals surface area contributed by atoms with Crippen molar-refractivity contribution in [3.63, 3.8) is 0 Å². The van der Waals surface area contributed by atoms with Gasteiger partial charge in [0, 0.05) is 12.1 Å². The summed E-state index contributed by atoms with van der Waals surface area (Å²) in [5, 5.41) is 15.8. The minimum absolute atomic E-state index is 0.170. The van der Waals surface area contributed by atoms with Crippen molar-refractivity contribution >= 4 is 55.4 Å². The highest BCUT2D eigenvalue weighted by Gasteiger charge is 2.05. The number of hydrogen-bond donors (Lipinski definition) is 4. The molecular formula is C11H12Br2N3OS+. The molecule has 1 aromatic carbocycles. The summed E-state index contributed by atoms with van der Waals surface area (Å²) in [5.41, 5.74) is 3.66. The van der Waals surface area contributed by atoms with E-state index in [0.29, 0.717) is 20.6 Å². The highest BCUT2D eigenvalue weighted by Crippen LogP contribution is 2.32. The molecule has 1 rings (SSSR count). The van der Waals surface area contributed by atoms with Crippen LogP contribution in [-0.2, 0) is 0 Å². The van der Waals surface area contributed by atoms with Crippen LogP contribution >= 0.6 is 44.1 Å². The molecule has 0 radical (unpaired) electrons. The second-order valence-corrected chi connectivity index (χ2v) is 5.36. The van der Waals surface area contributed by atoms with E-state index >= 15 is 0 Å². The number of hydrogen-bond acceptors (Lipinski definition) is 2. The number of halogens is 2. The minimum atomic E-state index is 0.170. The molecule has 0 aliphatic heterocycles. The summed E-state index contributed by atoms with van der Waals surface area (Å²) in [5.74, 6) is 0.170. The normalized spacial score (nSPS) is 10.3. The lowest BCUT2D eigenvalue weighted by Crippen LogP contribution is -2.82. The predicted molar refractivity (Wildman–Crippen MR) is 83.6 cm³/mol. The van der Waals surface area contributed by atoms with Gasteiger partial charge in [-0.15, -0.1) is 17.1 Å². The van der Waals surface area contributed by atoms with Crippen molar-refractivity contribution in [3.8, 4) is 5.75 Å². The molecule has 0 unspecified atom stereocenters. The zero-order chi connectivity index (χ0) is 13.5. The Balaban J connectivity index is 2.62. The topological polar surface area (TPSA) is 58.3 Å². The lowest BCUT2D eigenvalue weighted by atomic mass is 10.2. The first-order valence-corrected chi connectivity index (χ1v) is 6.95. The van der Waals surface area contributed by atoms with Crippen molar-refractivity contribution < 1.29 is 10.2 Å². The maximum absolute atomic E-state index is 9.56. The molecule has 0 saturated heterocycles. The third kappa shape index (κ3) is 4.75. The molecule has 96 valence electrons. The number of phenols is 1. The van der Waals surface area contributed by atoms with Crippen molar-refractivity contribution in [1.29, 1.82) is 0 Å². The molecule has 18 heavy (non-hydrogen) atoms. The average Bonchev–Trinajstić information content (AvgIpc) is 2.33. The number of thiocarbonyl (C=S) groups is 1. The summed E-state index contributed by atoms with van der Waals surface area (Å²) in [4.78, 5) is 0. The molecule has 0 bridgehead atoms. The Morgan fingerprint density at radius 1 is 1.44 bits per heavy atom. The maximum atomic E-state index is 9.56. The number of rotatable bonds is 4. The van der Waals surface area contributed by atoms with Crippen molar-refractivity contribution in [2.24, 2.45) is 0 Å². The molecule has 4 nitrogen and oxygen atoms in total. The summed E-state index contributed by atoms with van der Waals surface area (Å²) < 4.78 is 1.22. The van der Waals surface area contributed by atoms with Gasteiger partial charge in [-0.2, -0.15) is 0 Å². The van der Waals surface area contributed by atoms with E-state index in [1.807, 2.05) is 0 Å². The van der Waals surface area contributed by atoms with Crippen LogP contribution in [-0.4, -0.2) is 23.0 Å². The average molecular weight is 394 g/mol. The largest absolute Gasteiger partial charge is 0.506 e. The molecule has 0 heterocycles. The summed E-state index contributed by atoms with van der Waals surface area (Å²) >= 11 is 11.5. The molecule has 4 N–H and O–H groups in total. The lowest BCUT2D eigenvalue weighted by molar-refractivity contribution is -0.500. The monoisotopic (exact) mass is 392 g/mol. The van der Waals surface area contributed by atoms with Crippen LogP contribution in [0.25, 0.3) is 0 Å². The Kier molecular flexibility index (Phi) is 6.31. The van der Waals surface area contributed by atoms with Crippen molar-refractivity contribution in [1.82, 2.24) is 10.7 Å². The molecule has 1 aromatic rings. The summed E-state index contributed by atoms with van der Waals surface area (Å²) in [6.07, 6.45) is 3.43. The minimum Gasteiger partial charge on any atom is -0.506 e. The van der Waals surface area contributed by atoms with E-state index in [9.17, 15) is 5.11 Å². The highest BCUT2D eigenvalue weighted by molar-refractivity contribution is 9.11. The van der Waals surface area contributed by atoms with E-state index in [-0.39, 0.29) is 5.75 Å². The van der Waals surface area contributed by atoms with Crippen LogP contribution in [0.2, 0.25) is 0 Å². The number of nitrogens with one attached hydrogen (secondary N) is 3. The number of hydrazine groups is 1. The van der Waals surface area contributed by atoms with Gasteiger partial charge in [-0.25, -0.2) is 0 Å². The smallest absolute Gasteiger partial charge is 0.224 e. The van der Waals surface area contributed by atoms with E-state index < -0.39 is 0 Å². The third-order valence-corrected chi connectivity index (χ3v) is 3.33. The molecule has 0 spiro atoms. The van der Waals surface area contributed by atoms with Crippen LogP contribution < -0.4 is 15.8 Å². The van der Waals surface area contributed by atoms with Gasteiger partial charge in [-0.05, 0) is 56.2 Å². The fourth-order valence-electron chi connectivity index (χ4n) is 1.06. The Bertz CT molecular complexity index is 468. The number of phenolic OH excluding ortho intramolecular Hbond substituents is 1. The fraction of sp³-hybridized carbons (Fsp3) is 0.0909. The van der Waals surface area contributed by atoms with Crippen molar-refractivity contribution in [2.75, 3.05) is 6.54 Å². The Labute approximate surface area is 127 Å². The molecule has 0 aliphatic carbocycles. The van der Waals surface area contributed by atoms with Crippen molar-refractivity contribution in [2.45, 2.75) is 0 Å². The fourth-order valence-corrected chi connectivity index (χ4v) is 2.43. The Hall–Kier alpha value is -0.920. The lowest BCUT2D eigenvalue weighted by Gasteiger charge is -2.01. The molecule has 0 amide bonds. The standard InChI is InChI=1S/C11H11Br2N3OS/c1-2-3-14-11(18)16-15-6-7-4-8(12)10(17)9(13)5-7/h2,4-6,17H,1,3H2,(H2,14,16,18)/p+1. The first-order chi connectivity index (χ1) is 8.54. The summed E-state index contributed by atoms with van der Waals surface area (Å²) in [6, 6.07) is 3.55. The predicted octanol–water partition coefficient (Wildman–Crippen LogP) is 0.982. The zero-order valence-corrected chi connectivity index (χ0v) is 13.3. The maximum Gasteiger partial charge on any atom is 0.224 e. The highest BCUT2D eigenvalue weighted by atomic mass is 79.9. The van der Waals surface area contributed by atoms with E-state index in [2.05, 4.69) is 54.3 Å². The van der Waals surface area contributed by atoms with Gasteiger partial charge >= 0.3 is 0 Å². The summed E-state index contributed by atoms with van der Waals surface area (Å²) in [6.45, 7) is 4.18. The summed E-state index contributed by atoms with van der Waals surface area (Å²) in [7, 11) is 0. The molecule has 0 aromatic heterocycles. The molecular weight excluding hydrogens is 382 g/mol. The molecule has 0 saturated carbocycles. The first-order valence-electron chi connectivity index (χ1n) is 4.96. The Morgan fingerprint density at radius 3 is 2.61 bits per heavy atom. The Morgan fingerprint density at radius 2 is 2.06 bits per heavy atom. The number of benzene rings is 1. The van der Waals surface area contributed by atoms with Crippen LogP contribution in [0.15, 0.2) is 33.7 Å². The van der Waals surface area contributed by atoms with Crippen LogP contribution in [0.1, 0.15) is 5.56 Å². The van der Waals surface area contributed by atoms with Gasteiger partial charge in [-0.3, -0.25) is 0 Å². The molecule has 7 heteroatoms. The second-order valence-electron chi connectivity index (χ2n) is 3.25. The van der Waals surface area contributed by atoms with Crippen LogP contribution in [0, 0.1) is 0 Å². The van der Waals surface area contributed by atoms with Crippen molar-refractivity contribution in [3.05, 3.63) is 39.3 Å². The molecule has 0 aliphatic rings. The second kappa shape index (κ2) is 7.50. The molecule has 0 fully saturated rings. The van der Waals surface area contributed by atoms with Gasteiger partial charge in [-0.1, -0.05) is 6.08 Å². The SMILES string of the molecule is C=CCNC(=S)N[NH+]=Cc1cc(Br)c(O)c(Br)c1. The first kappa shape index (κ1) is 15.1. The van der Waals surface area contributed by atoms with E-state index in [4.69, 9.17) is 12.2 Å². The van der Waals surface area contributed by atoms with Crippen LogP contribution in [0.4, 0.5) is 0 Å². The van der Waals surface area contributed by atoms with E-state index in [0.717, 1.165) is 5.56 Å². The van der Waals surface area contributed by atoms with E-state index in [1.165, 1.54) is 0 Å². The van der Waals surface area contributed by atoms with Gasteiger partial charge < -0.3 is 10.4 Å². The number of hydrazone groups is 1. The third-order valence-electron chi connectivity index (χ3n) is 1.87. The van der Waals surface area contributed by atoms with Gasteiger partial charge in [0.2, 0.25) is 5.11 Å². The van der Waals surface area contributed by atoms with Crippen LogP contribution in [0.3, 0.4) is 0 Å². The van der Waals surface area contributed by atoms with Crippen LogP contribution in [0.5, 0.6) is 5.75 Å². The number of aromatic hydroxyl groups is 1. The van der Waals surface area contributed by atoms with Gasteiger partial charge in [0.15, 0.2) is 6.21 Å². The van der Waals surface area contributed by atoms with Gasteiger partial charge in [0.25, 0.3) is 0 Å². The van der Waals surface area contributed by atoms with Gasteiger partial charge in [0.05, 0.1) is 8.95 Å². The van der Waals surface area contributed by atoms with Gasteiger partial charge in [0.1, 0.15) is 5.75 Å². The quantitative estimate of drug-likeness (QED) is 0.266. The van der Waals surface area contributed by atoms with E-state index in [1.54, 1.807) is 24.4 Å². The zero-order valence-electron chi connectivity index (χ0n) is 9.34.